The van der Waals surface area contributed by atoms with Crippen LogP contribution in [0.1, 0.15) is 137 Å². The molecule has 88 heavy (non-hydrogen) atoms. The summed E-state index contributed by atoms with van der Waals surface area (Å²) in [5.74, 6) is -0.845. The van der Waals surface area contributed by atoms with Gasteiger partial charge < -0.3 is 43.7 Å². The van der Waals surface area contributed by atoms with Crippen molar-refractivity contribution in [3.63, 3.8) is 0 Å². The van der Waals surface area contributed by atoms with E-state index in [9.17, 15) is 24.3 Å². The summed E-state index contributed by atoms with van der Waals surface area (Å²) in [7, 11) is 6.20. The second-order valence-electron chi connectivity index (χ2n) is 15.8. The van der Waals surface area contributed by atoms with Crippen molar-refractivity contribution >= 4 is 208 Å². The highest BCUT2D eigenvalue weighted by atomic mass is 127. The van der Waals surface area contributed by atoms with Gasteiger partial charge in [-0.15, -0.1) is 0 Å². The molecule has 482 valence electrons. The van der Waals surface area contributed by atoms with Crippen molar-refractivity contribution < 1.29 is 62.9 Å². The van der Waals surface area contributed by atoms with Gasteiger partial charge in [0, 0.05) is 94.1 Å². The highest BCUT2D eigenvalue weighted by Crippen LogP contribution is 2.27. The number of hydrogen-bond donors (Lipinski definition) is 3. The second kappa shape index (κ2) is 48.1. The third-order valence-electron chi connectivity index (χ3n) is 9.53. The number of esters is 2. The van der Waals surface area contributed by atoms with Crippen LogP contribution in [0.2, 0.25) is 40.3 Å². The monoisotopic (exact) mass is 1830 g/mol. The minimum atomic E-state index is -0.710. The van der Waals surface area contributed by atoms with Crippen LogP contribution < -0.4 is 0 Å². The number of aromatic nitrogens is 7. The molecule has 0 fully saturated rings. The van der Waals surface area contributed by atoms with Crippen LogP contribution in [0.25, 0.3) is 0 Å². The van der Waals surface area contributed by atoms with E-state index in [2.05, 4.69) is 57.5 Å². The molecule has 7 rings (SSSR count). The van der Waals surface area contributed by atoms with E-state index in [1.807, 2.05) is 67.8 Å². The third-order valence-corrected chi connectivity index (χ3v) is 16.7. The van der Waals surface area contributed by atoms with Gasteiger partial charge in [0.25, 0.3) is 0 Å². The number of carbonyl (C=O) groups excluding carboxylic acids is 4. The Morgan fingerprint density at radius 2 is 0.807 bits per heavy atom. The summed E-state index contributed by atoms with van der Waals surface area (Å²) in [6, 6.07) is 11.2. The molecule has 32 heteroatoms. The molecule has 2 atom stereocenters. The maximum Gasteiger partial charge on any atom is 0.339 e. The Balaban J connectivity index is 0. The first-order chi connectivity index (χ1) is 40.7. The first-order valence-corrected chi connectivity index (χ1v) is 31.2. The van der Waals surface area contributed by atoms with E-state index in [1.165, 1.54) is 51.1 Å². The average Bonchev–Trinajstić information content (AvgIpc) is 3.60. The Morgan fingerprint density at radius 3 is 1.16 bits per heavy atom. The molecule has 0 amide bonds. The second-order valence-corrected chi connectivity index (χ2v) is 23.1. The van der Waals surface area contributed by atoms with Gasteiger partial charge in [-0.2, -0.15) is 0 Å². The molecule has 0 aliphatic heterocycles. The van der Waals surface area contributed by atoms with Crippen LogP contribution in [-0.4, -0.2) is 116 Å². The molecule has 7 aromatic rings. The van der Waals surface area contributed by atoms with Crippen molar-refractivity contribution in [3.05, 3.63) is 191 Å². The molecule has 0 bridgehead atoms. The van der Waals surface area contributed by atoms with E-state index >= 15 is 0 Å². The average molecular weight is 1830 g/mol. The molecular weight excluding hydrogens is 1770 g/mol. The number of pyridine rings is 7. The maximum absolute atomic E-state index is 11.2. The number of hydrogen-bond acceptors (Lipinski definition) is 20. The number of aliphatic hydroxyl groups is 3. The summed E-state index contributed by atoms with van der Waals surface area (Å²) in [6.45, 7) is 7.31. The van der Waals surface area contributed by atoms with Crippen molar-refractivity contribution in [2.75, 3.05) is 41.7 Å². The van der Waals surface area contributed by atoms with Crippen LogP contribution in [0.3, 0.4) is 0 Å². The van der Waals surface area contributed by atoms with E-state index in [4.69, 9.17) is 131 Å². The predicted molar refractivity (Wildman–Crippen MR) is 377 cm³/mol. The van der Waals surface area contributed by atoms with E-state index in [0.29, 0.717) is 90.7 Å². The molecule has 3 N–H and O–H groups in total. The number of rotatable bonds is 15. The Labute approximate surface area is 605 Å². The van der Waals surface area contributed by atoms with Crippen LogP contribution >= 0.6 is 183 Å². The van der Waals surface area contributed by atoms with Crippen molar-refractivity contribution in [1.82, 2.24) is 34.9 Å². The number of ether oxygens (including phenoxy) is 6. The van der Waals surface area contributed by atoms with Gasteiger partial charge in [0.15, 0.2) is 25.2 Å². The molecule has 0 saturated heterocycles. The van der Waals surface area contributed by atoms with Crippen LogP contribution in [-0.2, 0) is 35.0 Å². The van der Waals surface area contributed by atoms with Gasteiger partial charge in [0.1, 0.15) is 20.0 Å². The normalized spacial score (nSPS) is 10.6. The zero-order valence-corrected chi connectivity index (χ0v) is 60.9. The fourth-order valence-corrected chi connectivity index (χ4v) is 8.40. The number of carbonyl (C=O) groups is 4. The summed E-state index contributed by atoms with van der Waals surface area (Å²) in [6.07, 6.45) is 9.59. The zero-order valence-electron chi connectivity index (χ0n) is 46.3. The molecule has 0 radical (unpaired) electrons. The van der Waals surface area contributed by atoms with E-state index in [1.54, 1.807) is 90.8 Å². The number of halogens is 12. The summed E-state index contributed by atoms with van der Waals surface area (Å²) in [4.78, 5) is 70.2. The Hall–Kier alpha value is -2.71. The molecule has 20 nitrogen and oxygen atoms in total. The lowest BCUT2D eigenvalue weighted by Crippen LogP contribution is -2.06. The Morgan fingerprint density at radius 1 is 0.477 bits per heavy atom. The van der Waals surface area contributed by atoms with Gasteiger partial charge in [0.2, 0.25) is 0 Å². The molecular formula is C56H61Cl8I4N7O13. The standard InChI is InChI=1S/C10H14ClNO3.C8H7Cl2NO2.C8H9ClINO2.C8H7ClINO2.C8H8ClNO2.C6H5ClINO.C6H3ClINO.2CH4/c1-6(13)9-8(11)4-7(5-12-9)10(14-2)15-3;1-2-13-8(12)5-3-6(9)7(10)11-4-5;1-12-8(13-2)5-3-6(9)7(10)11-4-5;1-2-13-8(12)5-3-6(9)7(10)11-4-5;1-5(12)8-7(9)2-6(4-11)3-10-8;2*7-5-1-4(3-10)2-9-6(5)8;;/h4-6,10,13H,1-3H3;3-4H,2H2,1H3;3-4,8H,1-2H3;3-4H,2H2,1H3;2-5,12H,1H3;1-2,10H,3H2;1-3H;2*1H4. The molecule has 2 unspecified atom stereocenters. The van der Waals surface area contributed by atoms with Crippen molar-refractivity contribution in [3.8, 4) is 0 Å². The van der Waals surface area contributed by atoms with Gasteiger partial charge in [-0.05, 0) is 166 Å². The SMILES string of the molecule is C.C.CC(O)c1ncc(C=O)cc1Cl.CCOC(=O)c1cnc(Cl)c(Cl)c1.CCOC(=O)c1cnc(I)c(Cl)c1.COC(OC)c1cnc(C(C)O)c(Cl)c1.COC(OC)c1cnc(I)c(Cl)c1.O=Cc1cnc(I)c(Cl)c1.OCc1cnc(I)c(Cl)c1. The molecule has 0 spiro atoms. The first kappa shape index (κ1) is 87.4. The summed E-state index contributed by atoms with van der Waals surface area (Å²) in [5, 5.41) is 30.4. The first-order valence-electron chi connectivity index (χ1n) is 23.9. The highest BCUT2D eigenvalue weighted by Gasteiger charge is 2.16. The lowest BCUT2D eigenvalue weighted by molar-refractivity contribution is -0.106. The smallest absolute Gasteiger partial charge is 0.339 e. The summed E-state index contributed by atoms with van der Waals surface area (Å²) < 4.78 is 32.7. The molecule has 0 saturated carbocycles. The van der Waals surface area contributed by atoms with Gasteiger partial charge >= 0.3 is 11.9 Å². The van der Waals surface area contributed by atoms with Crippen molar-refractivity contribution in [2.24, 2.45) is 0 Å². The van der Waals surface area contributed by atoms with E-state index < -0.39 is 36.7 Å². The Bertz CT molecular complexity index is 3210. The van der Waals surface area contributed by atoms with Crippen LogP contribution in [0.4, 0.5) is 0 Å². The fraction of sp³-hybridized carbons (Fsp3) is 0.304. The summed E-state index contributed by atoms with van der Waals surface area (Å²) in [5.41, 5.74) is 4.71. The van der Waals surface area contributed by atoms with Crippen LogP contribution in [0.5, 0.6) is 0 Å². The maximum atomic E-state index is 11.2. The summed E-state index contributed by atoms with van der Waals surface area (Å²) >= 11 is 54.0. The van der Waals surface area contributed by atoms with Gasteiger partial charge in [0.05, 0.1) is 89.7 Å². The number of nitrogens with zero attached hydrogens (tertiary/aromatic N) is 7. The molecule has 0 aromatic carbocycles. The quantitative estimate of drug-likeness (QED) is 0.0283. The predicted octanol–water partition coefficient (Wildman–Crippen LogP) is 16.6. The number of aliphatic hydroxyl groups excluding tert-OH is 3. The minimum absolute atomic E-state index is 0. The molecule has 7 aromatic heterocycles. The van der Waals surface area contributed by atoms with E-state index in [0.717, 1.165) is 30.4 Å². The van der Waals surface area contributed by atoms with E-state index in [-0.39, 0.29) is 31.6 Å². The Kier molecular flexibility index (Phi) is 47.7. The van der Waals surface area contributed by atoms with Gasteiger partial charge in [-0.3, -0.25) is 19.6 Å². The van der Waals surface area contributed by atoms with Gasteiger partial charge in [-0.25, -0.2) is 34.5 Å². The lowest BCUT2D eigenvalue weighted by atomic mass is 10.2. The fourth-order valence-electron chi connectivity index (χ4n) is 5.58. The number of methoxy groups -OCH3 is 4. The largest absolute Gasteiger partial charge is 0.462 e. The van der Waals surface area contributed by atoms with Gasteiger partial charge in [-0.1, -0.05) is 108 Å². The molecule has 0 aliphatic carbocycles. The molecule has 7 heterocycles. The van der Waals surface area contributed by atoms with Crippen molar-refractivity contribution in [2.45, 2.75) is 73.9 Å². The number of aldehydes is 2. The highest BCUT2D eigenvalue weighted by molar-refractivity contribution is 14.1. The van der Waals surface area contributed by atoms with Crippen LogP contribution in [0, 0.1) is 14.8 Å². The lowest BCUT2D eigenvalue weighted by Gasteiger charge is -2.15. The molecule has 0 aliphatic rings. The van der Waals surface area contributed by atoms with Crippen LogP contribution in [0.15, 0.2) is 85.8 Å². The topological polar surface area (TPSA) is 275 Å². The third kappa shape index (κ3) is 32.2. The zero-order chi connectivity index (χ0) is 65.2. The minimum Gasteiger partial charge on any atom is -0.462 e. The van der Waals surface area contributed by atoms with Crippen molar-refractivity contribution in [1.29, 1.82) is 0 Å².